The van der Waals surface area contributed by atoms with Crippen LogP contribution in [0.4, 0.5) is 56.6 Å². The molecule has 0 saturated carbocycles. The van der Waals surface area contributed by atoms with Crippen LogP contribution in [-0.2, 0) is 45.4 Å². The lowest BCUT2D eigenvalue weighted by atomic mass is 9.91. The number of anilines is 3. The minimum absolute atomic E-state index is 0.0737. The molecular formula is C35H40F9N3O10. The molecule has 0 saturated heterocycles. The van der Waals surface area contributed by atoms with Gasteiger partial charge in [-0.25, -0.2) is 14.4 Å². The highest BCUT2D eigenvalue weighted by atomic mass is 19.4. The zero-order valence-electron chi connectivity index (χ0n) is 30.7. The van der Waals surface area contributed by atoms with Crippen LogP contribution in [0.25, 0.3) is 0 Å². The summed E-state index contributed by atoms with van der Waals surface area (Å²) < 4.78 is 135. The number of nitrogens with two attached hydrogens (primary N) is 3. The number of hydrogen-bond donors (Lipinski definition) is 6. The predicted molar refractivity (Wildman–Crippen MR) is 184 cm³/mol. The number of esters is 3. The third-order valence-corrected chi connectivity index (χ3v) is 7.61. The van der Waals surface area contributed by atoms with Gasteiger partial charge in [0.05, 0.1) is 32.6 Å². The molecule has 0 aliphatic rings. The highest BCUT2D eigenvalue weighted by Gasteiger charge is 2.64. The van der Waals surface area contributed by atoms with Crippen LogP contribution in [-0.4, -0.2) is 78.7 Å². The lowest BCUT2D eigenvalue weighted by molar-refractivity contribution is -0.268. The second-order valence-electron chi connectivity index (χ2n) is 11.4. The molecule has 9 N–H and O–H groups in total. The van der Waals surface area contributed by atoms with Crippen molar-refractivity contribution in [1.82, 2.24) is 0 Å². The Kier molecular flexibility index (Phi) is 16.6. The normalized spacial score (nSPS) is 14.8. The summed E-state index contributed by atoms with van der Waals surface area (Å²) >= 11 is 0. The summed E-state index contributed by atoms with van der Waals surface area (Å²) in [5.41, 5.74) is 4.05. The predicted octanol–water partition coefficient (Wildman–Crippen LogP) is 5.06. The maximum absolute atomic E-state index is 13.1. The van der Waals surface area contributed by atoms with E-state index >= 15 is 0 Å². The van der Waals surface area contributed by atoms with E-state index in [0.29, 0.717) is 5.56 Å². The molecule has 57 heavy (non-hydrogen) atoms. The molecule has 0 heterocycles. The topological polar surface area (TPSA) is 227 Å². The Morgan fingerprint density at radius 3 is 1.18 bits per heavy atom. The van der Waals surface area contributed by atoms with Gasteiger partial charge in [-0.2, -0.15) is 39.5 Å². The number of carbonyl (C=O) groups is 3. The van der Waals surface area contributed by atoms with Crippen LogP contribution >= 0.6 is 0 Å². The zero-order chi connectivity index (χ0) is 44.4. The molecule has 0 bridgehead atoms. The molecule has 0 spiro atoms. The van der Waals surface area contributed by atoms with Crippen molar-refractivity contribution >= 4 is 35.0 Å². The third kappa shape index (κ3) is 10.9. The van der Waals surface area contributed by atoms with Crippen molar-refractivity contribution in [3.05, 3.63) is 82.9 Å². The van der Waals surface area contributed by atoms with Gasteiger partial charge in [-0.05, 0) is 63.6 Å². The summed E-state index contributed by atoms with van der Waals surface area (Å²) in [6.45, 7) is 4.65. The summed E-state index contributed by atoms with van der Waals surface area (Å²) in [7, 11) is 1.20. The molecule has 22 heteroatoms. The standard InChI is InChI=1S/C12H14F3NO4.C12H14F3NO3.C11H12F3NO3/c1-3-20-10(17)11(18,12(13,14)15)7-4-5-8(16)9(6-7)19-2;1-3-19-10(17)11(18,12(13,14)15)8-4-5-9(16)7(2)6-8;1-2-18-9(16)10(17,11(12,13)14)7-3-5-8(15)6-4-7/h4-6,18H,3,16H2,1-2H3;4-6,18H,3,16H2,1-2H3;3-6,17H,2,15H2,1H3. The van der Waals surface area contributed by atoms with Gasteiger partial charge in [0.15, 0.2) is 0 Å². The van der Waals surface area contributed by atoms with E-state index in [-0.39, 0.29) is 42.6 Å². The third-order valence-electron chi connectivity index (χ3n) is 7.61. The Morgan fingerprint density at radius 1 is 0.544 bits per heavy atom. The van der Waals surface area contributed by atoms with Gasteiger partial charge in [-0.3, -0.25) is 0 Å². The molecule has 0 aliphatic heterocycles. The first kappa shape index (κ1) is 49.5. The highest BCUT2D eigenvalue weighted by molar-refractivity contribution is 5.84. The van der Waals surface area contributed by atoms with Crippen LogP contribution in [0.5, 0.6) is 5.75 Å². The summed E-state index contributed by atoms with van der Waals surface area (Å²) in [5, 5.41) is 29.3. The van der Waals surface area contributed by atoms with Crippen LogP contribution < -0.4 is 21.9 Å². The van der Waals surface area contributed by atoms with E-state index in [1.165, 1.54) is 40.9 Å². The van der Waals surface area contributed by atoms with Crippen LogP contribution in [0.15, 0.2) is 60.7 Å². The smallest absolute Gasteiger partial charge is 0.432 e. The monoisotopic (exact) mass is 833 g/mol. The van der Waals surface area contributed by atoms with Gasteiger partial charge in [0.1, 0.15) is 5.75 Å². The van der Waals surface area contributed by atoms with Gasteiger partial charge in [-0.15, -0.1) is 0 Å². The average molecular weight is 834 g/mol. The van der Waals surface area contributed by atoms with Crippen molar-refractivity contribution < 1.29 is 88.2 Å². The van der Waals surface area contributed by atoms with Crippen molar-refractivity contribution in [3.8, 4) is 5.75 Å². The highest BCUT2D eigenvalue weighted by Crippen LogP contribution is 2.43. The molecule has 0 amide bonds. The van der Waals surface area contributed by atoms with E-state index in [9.17, 15) is 69.2 Å². The Balaban J connectivity index is 0.000000428. The Bertz CT molecular complexity index is 1840. The van der Waals surface area contributed by atoms with Gasteiger partial charge in [0, 0.05) is 28.1 Å². The number of methoxy groups -OCH3 is 1. The van der Waals surface area contributed by atoms with Crippen molar-refractivity contribution in [2.24, 2.45) is 0 Å². The molecular weight excluding hydrogens is 793 g/mol. The first-order valence-electron chi connectivity index (χ1n) is 16.1. The fourth-order valence-electron chi connectivity index (χ4n) is 4.46. The van der Waals surface area contributed by atoms with E-state index in [0.717, 1.165) is 54.6 Å². The fourth-order valence-corrected chi connectivity index (χ4v) is 4.46. The number of alkyl halides is 9. The minimum Gasteiger partial charge on any atom is -0.495 e. The number of benzene rings is 3. The quantitative estimate of drug-likeness (QED) is 0.0681. The molecule has 3 aromatic rings. The van der Waals surface area contributed by atoms with E-state index in [2.05, 4.69) is 14.2 Å². The second kappa shape index (κ2) is 19.1. The first-order chi connectivity index (χ1) is 26.1. The van der Waals surface area contributed by atoms with Gasteiger partial charge < -0.3 is 51.5 Å². The maximum Gasteiger partial charge on any atom is 0.432 e. The molecule has 3 rings (SSSR count). The Labute approximate surface area is 319 Å². The zero-order valence-corrected chi connectivity index (χ0v) is 30.7. The van der Waals surface area contributed by atoms with E-state index in [1.807, 2.05) is 0 Å². The first-order valence-corrected chi connectivity index (χ1v) is 16.1. The minimum atomic E-state index is -5.25. The van der Waals surface area contributed by atoms with E-state index in [4.69, 9.17) is 21.9 Å². The molecule has 3 unspecified atom stereocenters. The molecule has 0 aliphatic carbocycles. The van der Waals surface area contributed by atoms with Gasteiger partial charge in [-0.1, -0.05) is 30.3 Å². The summed E-state index contributed by atoms with van der Waals surface area (Å²) in [6.07, 6.45) is -15.6. The summed E-state index contributed by atoms with van der Waals surface area (Å²) in [4.78, 5) is 34.4. The number of ether oxygens (including phenoxy) is 4. The number of carbonyl (C=O) groups excluding carboxylic acids is 3. The summed E-state index contributed by atoms with van der Waals surface area (Å²) in [6, 6.07) is 10.2. The van der Waals surface area contributed by atoms with Gasteiger partial charge >= 0.3 is 36.4 Å². The fraction of sp³-hybridized carbons (Fsp3) is 0.400. The van der Waals surface area contributed by atoms with Crippen LogP contribution in [0, 0.1) is 6.92 Å². The number of nitrogen functional groups attached to an aromatic ring is 3. The molecule has 3 aromatic carbocycles. The van der Waals surface area contributed by atoms with E-state index in [1.54, 1.807) is 0 Å². The SMILES string of the molecule is CCOC(=O)C(O)(c1ccc(N)c(C)c1)C(F)(F)F.CCOC(=O)C(O)(c1ccc(N)c(OC)c1)C(F)(F)F.CCOC(=O)C(O)(c1ccc(N)cc1)C(F)(F)F. The van der Waals surface area contributed by atoms with Gasteiger partial charge in [0.25, 0.3) is 16.8 Å². The lowest BCUT2D eigenvalue weighted by Crippen LogP contribution is -2.50. The average Bonchev–Trinajstić information content (AvgIpc) is 3.11. The Hall–Kier alpha value is -5.48. The second-order valence-corrected chi connectivity index (χ2v) is 11.4. The molecule has 0 radical (unpaired) electrons. The van der Waals surface area contributed by atoms with Crippen LogP contribution in [0.1, 0.15) is 43.0 Å². The van der Waals surface area contributed by atoms with E-state index < -0.39 is 69.9 Å². The van der Waals surface area contributed by atoms with Gasteiger partial charge in [0.2, 0.25) is 0 Å². The molecule has 0 fully saturated rings. The number of aliphatic hydroxyl groups is 3. The van der Waals surface area contributed by atoms with Crippen LogP contribution in [0.3, 0.4) is 0 Å². The van der Waals surface area contributed by atoms with Crippen molar-refractivity contribution in [2.75, 3.05) is 44.1 Å². The lowest BCUT2D eigenvalue weighted by Gasteiger charge is -2.28. The maximum atomic E-state index is 13.1. The van der Waals surface area contributed by atoms with Crippen molar-refractivity contribution in [2.45, 2.75) is 63.0 Å². The Morgan fingerprint density at radius 2 is 0.860 bits per heavy atom. The van der Waals surface area contributed by atoms with Crippen molar-refractivity contribution in [1.29, 1.82) is 0 Å². The number of hydrogen-bond acceptors (Lipinski definition) is 13. The molecule has 13 nitrogen and oxygen atoms in total. The largest absolute Gasteiger partial charge is 0.495 e. The number of halogens is 9. The molecule has 0 aromatic heterocycles. The molecule has 3 atom stereocenters. The number of rotatable bonds is 10. The number of aryl methyl sites for hydroxylation is 1. The van der Waals surface area contributed by atoms with Crippen LogP contribution in [0.2, 0.25) is 0 Å². The summed E-state index contributed by atoms with van der Waals surface area (Å²) in [5.74, 6) is -5.41. The van der Waals surface area contributed by atoms with Crippen molar-refractivity contribution in [3.63, 3.8) is 0 Å². The molecule has 318 valence electrons.